The van der Waals surface area contributed by atoms with Crippen LogP contribution in [-0.2, 0) is 32.8 Å². The van der Waals surface area contributed by atoms with Gasteiger partial charge in [-0.2, -0.15) is 0 Å². The summed E-state index contributed by atoms with van der Waals surface area (Å²) in [7, 11) is 0. The van der Waals surface area contributed by atoms with Gasteiger partial charge in [-0.15, -0.1) is 0 Å². The first-order chi connectivity index (χ1) is 5.57. The van der Waals surface area contributed by atoms with Crippen molar-refractivity contribution >= 4 is 6.98 Å². The predicted octanol–water partition coefficient (Wildman–Crippen LogP) is 1.97. The van der Waals surface area contributed by atoms with Gasteiger partial charge >= 0.3 is 85.8 Å². The van der Waals surface area contributed by atoms with Gasteiger partial charge in [-0.25, -0.2) is 0 Å². The Labute approximate surface area is 85.7 Å². The number of unbranched alkanes of at least 4 members (excludes halogenated alkanes) is 1. The van der Waals surface area contributed by atoms with Crippen molar-refractivity contribution in [2.45, 2.75) is 40.0 Å². The summed E-state index contributed by atoms with van der Waals surface area (Å²) in [5.41, 5.74) is 0. The van der Waals surface area contributed by atoms with Gasteiger partial charge < -0.3 is 0 Å². The molecule has 0 N–H and O–H groups in total. The summed E-state index contributed by atoms with van der Waals surface area (Å²) in [6.45, 7) is 5.80. The molecule has 0 atom stereocenters. The number of carbonyl (C=O) groups is 2. The SMILES string of the molecule is CCCC[C](=O)[Zr][C](=O)C(C)C. The van der Waals surface area contributed by atoms with Crippen LogP contribution < -0.4 is 0 Å². The second-order valence-corrected chi connectivity index (χ2v) is 6.37. The fraction of sp³-hybridized carbons (Fsp3) is 0.778. The van der Waals surface area contributed by atoms with Gasteiger partial charge in [0, 0.05) is 0 Å². The molecule has 0 aliphatic carbocycles. The number of hydrogen-bond donors (Lipinski definition) is 0. The zero-order valence-corrected chi connectivity index (χ0v) is 10.5. The molecule has 68 valence electrons. The first-order valence-electron chi connectivity index (χ1n) is 4.41. The minimum absolute atomic E-state index is 0.0715. The number of hydrogen-bond acceptors (Lipinski definition) is 2. The van der Waals surface area contributed by atoms with Crippen molar-refractivity contribution in [3.8, 4) is 0 Å². The summed E-state index contributed by atoms with van der Waals surface area (Å²) in [5.74, 6) is 0.0715. The Hall–Kier alpha value is 0.223. The van der Waals surface area contributed by atoms with Crippen molar-refractivity contribution in [3.63, 3.8) is 0 Å². The van der Waals surface area contributed by atoms with Crippen LogP contribution in [0.1, 0.15) is 40.0 Å². The summed E-state index contributed by atoms with van der Waals surface area (Å²) >= 11 is -1.36. The van der Waals surface area contributed by atoms with Crippen molar-refractivity contribution < 1.29 is 32.8 Å². The molecule has 0 heterocycles. The van der Waals surface area contributed by atoms with Gasteiger partial charge in [-0.1, -0.05) is 0 Å². The van der Waals surface area contributed by atoms with Crippen LogP contribution in [0.3, 0.4) is 0 Å². The number of carbonyl (C=O) groups excluding carboxylic acids is 2. The van der Waals surface area contributed by atoms with E-state index in [1.165, 1.54) is 0 Å². The van der Waals surface area contributed by atoms with E-state index in [0.717, 1.165) is 12.8 Å². The van der Waals surface area contributed by atoms with Gasteiger partial charge in [0.1, 0.15) is 0 Å². The third-order valence-electron chi connectivity index (χ3n) is 1.54. The second kappa shape index (κ2) is 6.71. The molecule has 0 saturated carbocycles. The van der Waals surface area contributed by atoms with Crippen molar-refractivity contribution in [1.82, 2.24) is 0 Å². The summed E-state index contributed by atoms with van der Waals surface area (Å²) < 4.78 is 0.499. The zero-order chi connectivity index (χ0) is 9.56. The molecule has 0 saturated heterocycles. The van der Waals surface area contributed by atoms with Crippen LogP contribution in [0.4, 0.5) is 0 Å². The third kappa shape index (κ3) is 5.82. The summed E-state index contributed by atoms with van der Waals surface area (Å²) in [4.78, 5) is 22.3. The van der Waals surface area contributed by atoms with E-state index in [9.17, 15) is 9.59 Å². The van der Waals surface area contributed by atoms with Crippen LogP contribution >= 0.6 is 0 Å². The predicted molar refractivity (Wildman–Crippen MR) is 44.4 cm³/mol. The Morgan fingerprint density at radius 1 is 1.33 bits per heavy atom. The van der Waals surface area contributed by atoms with Crippen molar-refractivity contribution in [1.29, 1.82) is 0 Å². The molecule has 0 aliphatic rings. The fourth-order valence-electron chi connectivity index (χ4n) is 0.682. The average Bonchev–Trinajstić information content (AvgIpc) is 2.00. The van der Waals surface area contributed by atoms with Gasteiger partial charge in [-0.05, 0) is 0 Å². The molecule has 0 radical (unpaired) electrons. The van der Waals surface area contributed by atoms with E-state index in [1.54, 1.807) is 0 Å². The molecule has 0 unspecified atom stereocenters. The molecule has 2 nitrogen and oxygen atoms in total. The molecule has 0 aromatic rings. The quantitative estimate of drug-likeness (QED) is 0.719. The molecule has 0 spiro atoms. The molecule has 0 aromatic heterocycles. The van der Waals surface area contributed by atoms with Crippen LogP contribution in [0.5, 0.6) is 0 Å². The van der Waals surface area contributed by atoms with Gasteiger partial charge in [0.2, 0.25) is 0 Å². The molecule has 0 aromatic carbocycles. The van der Waals surface area contributed by atoms with Crippen molar-refractivity contribution in [2.75, 3.05) is 0 Å². The van der Waals surface area contributed by atoms with Crippen LogP contribution in [0.25, 0.3) is 0 Å². The van der Waals surface area contributed by atoms with E-state index in [1.807, 2.05) is 13.8 Å². The van der Waals surface area contributed by atoms with Crippen molar-refractivity contribution in [2.24, 2.45) is 5.92 Å². The summed E-state index contributed by atoms with van der Waals surface area (Å²) in [6, 6.07) is 0. The van der Waals surface area contributed by atoms with E-state index in [4.69, 9.17) is 0 Å². The van der Waals surface area contributed by atoms with Crippen LogP contribution in [0.15, 0.2) is 0 Å². The summed E-state index contributed by atoms with van der Waals surface area (Å²) in [5, 5.41) is 0. The van der Waals surface area contributed by atoms with Gasteiger partial charge in [0.15, 0.2) is 0 Å². The van der Waals surface area contributed by atoms with E-state index in [0.29, 0.717) is 6.42 Å². The van der Waals surface area contributed by atoms with Gasteiger partial charge in [0.25, 0.3) is 0 Å². The van der Waals surface area contributed by atoms with Crippen LogP contribution in [0, 0.1) is 5.92 Å². The molecule has 12 heavy (non-hydrogen) atoms. The molecule has 0 amide bonds. The normalized spacial score (nSPS) is 10.0. The summed E-state index contributed by atoms with van der Waals surface area (Å²) in [6.07, 6.45) is 2.63. The van der Waals surface area contributed by atoms with Crippen LogP contribution in [-0.4, -0.2) is 6.98 Å². The Bertz CT molecular complexity index is 164. The first kappa shape index (κ1) is 12.2. The molecular weight excluding hydrogens is 231 g/mol. The molecule has 0 rings (SSSR count). The van der Waals surface area contributed by atoms with E-state index in [2.05, 4.69) is 6.92 Å². The monoisotopic (exact) mass is 246 g/mol. The van der Waals surface area contributed by atoms with E-state index >= 15 is 0 Å². The van der Waals surface area contributed by atoms with Gasteiger partial charge in [-0.3, -0.25) is 0 Å². The fourth-order valence-corrected chi connectivity index (χ4v) is 2.81. The zero-order valence-electron chi connectivity index (χ0n) is 8.02. The first-order valence-corrected chi connectivity index (χ1v) is 6.87. The third-order valence-corrected chi connectivity index (χ3v) is 4.87. The molecule has 0 bridgehead atoms. The molecule has 0 aliphatic heterocycles. The average molecular weight is 247 g/mol. The number of rotatable bonds is 6. The minimum atomic E-state index is -1.36. The maximum absolute atomic E-state index is 11.2. The molecular formula is C9H16O2Zr. The van der Waals surface area contributed by atoms with Crippen LogP contribution in [0.2, 0.25) is 0 Å². The second-order valence-electron chi connectivity index (χ2n) is 3.17. The standard InChI is InChI=1S/C5H9O.C4H7O.Zr/c1-2-3-4-5-6;1-4(2)3-5;/h2-4H2,1H3;4H,1-2H3;. The van der Waals surface area contributed by atoms with Crippen molar-refractivity contribution in [3.05, 3.63) is 0 Å². The Balaban J connectivity index is 3.62. The van der Waals surface area contributed by atoms with E-state index < -0.39 is 23.2 Å². The molecule has 3 heteroatoms. The Morgan fingerprint density at radius 2 is 1.92 bits per heavy atom. The Morgan fingerprint density at radius 3 is 2.33 bits per heavy atom. The molecule has 0 fully saturated rings. The van der Waals surface area contributed by atoms with Gasteiger partial charge in [0.05, 0.1) is 0 Å². The Kier molecular flexibility index (Phi) is 6.83. The topological polar surface area (TPSA) is 34.1 Å². The maximum atomic E-state index is 11.2. The van der Waals surface area contributed by atoms with E-state index in [-0.39, 0.29) is 12.9 Å².